The predicted molar refractivity (Wildman–Crippen MR) is 424 cm³/mol. The van der Waals surface area contributed by atoms with Gasteiger partial charge < -0.3 is 18.3 Å². The first kappa shape index (κ1) is 59.4. The quantitative estimate of drug-likeness (QED) is 0.145. The number of hydrogen-bond donors (Lipinski definition) is 0. The lowest BCUT2D eigenvalue weighted by Crippen LogP contribution is -1.99. The molecule has 0 atom stereocenters. The van der Waals surface area contributed by atoms with Gasteiger partial charge in [-0.15, -0.1) is 0 Å². The Hall–Kier alpha value is -13.8. The number of para-hydroxylation sites is 11. The van der Waals surface area contributed by atoms with Gasteiger partial charge in [-0.3, -0.25) is 8.97 Å². The number of fused-ring (bicyclic) bond motifs is 12. The second-order valence-electron chi connectivity index (χ2n) is 25.7. The smallest absolute Gasteiger partial charge is 0.145 e. The Balaban J connectivity index is 0.000000106. The van der Waals surface area contributed by atoms with Crippen LogP contribution in [0.25, 0.3) is 167 Å². The molecule has 7 aromatic heterocycles. The van der Waals surface area contributed by atoms with E-state index in [1.165, 1.54) is 99.0 Å². The van der Waals surface area contributed by atoms with E-state index in [4.69, 9.17) is 9.97 Å². The van der Waals surface area contributed by atoms with Gasteiger partial charge in [-0.25, -0.2) is 9.97 Å². The zero-order valence-electron chi connectivity index (χ0n) is 55.5. The molecular weight excluding hydrogens is 1240 g/mol. The predicted octanol–water partition coefficient (Wildman–Crippen LogP) is 23.9. The fourth-order valence-electron chi connectivity index (χ4n) is 15.3. The molecule has 480 valence electrons. The van der Waals surface area contributed by atoms with Crippen molar-refractivity contribution in [3.8, 4) is 73.6 Å². The Labute approximate surface area is 588 Å². The van der Waals surface area contributed by atoms with Crippen LogP contribution >= 0.6 is 0 Å². The van der Waals surface area contributed by atoms with E-state index in [-0.39, 0.29) is 0 Å². The monoisotopic (exact) mass is 1300 g/mol. The van der Waals surface area contributed by atoms with E-state index in [1.54, 1.807) is 0 Å². The molecule has 8 nitrogen and oxygen atoms in total. The molecule has 0 saturated carbocycles. The molecule has 7 heterocycles. The Bertz CT molecular complexity index is 5900. The van der Waals surface area contributed by atoms with Crippen LogP contribution in [0.1, 0.15) is 0 Å². The van der Waals surface area contributed by atoms with Gasteiger partial charge in [0.15, 0.2) is 0 Å². The highest BCUT2D eigenvalue weighted by Crippen LogP contribution is 2.40. The summed E-state index contributed by atoms with van der Waals surface area (Å²) < 4.78 is 13.9. The SMILES string of the molecule is c1ccc(-c2c(-c3cccc(-n4c5ccccc5c5ccccc54)c3)nc3ccccn23)cc1.c1ccc(-n2c(-c3cccc(-n4c5ccccc5c5ccccc54)c3)cc3ccccc32)cc1.c1ccc(-n2c(-c3cccc(-n4c5ccccc5c5ccccc54)c3)nc3ccccc32)cc1. The number of hydrogen-bond acceptors (Lipinski definition) is 2. The Morgan fingerprint density at radius 3 is 1.09 bits per heavy atom. The van der Waals surface area contributed by atoms with Crippen LogP contribution in [0.4, 0.5) is 0 Å². The summed E-state index contributed by atoms with van der Waals surface area (Å²) >= 11 is 0. The van der Waals surface area contributed by atoms with Crippen molar-refractivity contribution in [2.24, 2.45) is 0 Å². The summed E-state index contributed by atoms with van der Waals surface area (Å²) in [5.74, 6) is 0.940. The Morgan fingerprint density at radius 2 is 0.578 bits per heavy atom. The van der Waals surface area contributed by atoms with Crippen molar-refractivity contribution < 1.29 is 0 Å². The van der Waals surface area contributed by atoms with Gasteiger partial charge in [0.1, 0.15) is 11.5 Å². The second kappa shape index (κ2) is 25.2. The molecule has 21 rings (SSSR count). The first-order valence-corrected chi connectivity index (χ1v) is 34.6. The van der Waals surface area contributed by atoms with E-state index in [0.29, 0.717) is 0 Å². The Morgan fingerprint density at radius 1 is 0.216 bits per heavy atom. The molecule has 0 aliphatic heterocycles. The molecule has 14 aromatic carbocycles. The van der Waals surface area contributed by atoms with Crippen LogP contribution in [0.2, 0.25) is 0 Å². The highest BCUT2D eigenvalue weighted by Gasteiger charge is 2.21. The average molecular weight is 1310 g/mol. The number of aromatic nitrogens is 8. The van der Waals surface area contributed by atoms with Gasteiger partial charge in [-0.2, -0.15) is 0 Å². The Kier molecular flexibility index (Phi) is 14.7. The van der Waals surface area contributed by atoms with Gasteiger partial charge in [0, 0.05) is 94.6 Å². The number of rotatable bonds is 9. The van der Waals surface area contributed by atoms with Crippen LogP contribution in [0.5, 0.6) is 0 Å². The van der Waals surface area contributed by atoms with Gasteiger partial charge in [-0.1, -0.05) is 249 Å². The van der Waals surface area contributed by atoms with Crippen LogP contribution in [0.3, 0.4) is 0 Å². The number of nitrogens with zero attached hydrogens (tertiary/aromatic N) is 8. The maximum absolute atomic E-state index is 5.06. The molecule has 0 radical (unpaired) electrons. The molecule has 0 N–H and O–H groups in total. The molecule has 0 spiro atoms. The zero-order chi connectivity index (χ0) is 67.5. The summed E-state index contributed by atoms with van der Waals surface area (Å²) in [7, 11) is 0. The van der Waals surface area contributed by atoms with Gasteiger partial charge in [0.2, 0.25) is 0 Å². The second-order valence-corrected chi connectivity index (χ2v) is 25.7. The van der Waals surface area contributed by atoms with E-state index in [0.717, 1.165) is 67.6 Å². The van der Waals surface area contributed by atoms with Crippen molar-refractivity contribution in [1.29, 1.82) is 0 Å². The fraction of sp³-hybridized carbons (Fsp3) is 0. The number of benzene rings is 14. The third kappa shape index (κ3) is 10.2. The minimum absolute atomic E-state index is 0.940. The molecule has 0 fully saturated rings. The highest BCUT2D eigenvalue weighted by atomic mass is 15.1. The summed E-state index contributed by atoms with van der Waals surface area (Å²) in [5.41, 5.74) is 25.0. The number of pyridine rings is 1. The van der Waals surface area contributed by atoms with Crippen molar-refractivity contribution >= 4 is 93.0 Å². The highest BCUT2D eigenvalue weighted by molar-refractivity contribution is 6.11. The van der Waals surface area contributed by atoms with Crippen molar-refractivity contribution in [2.45, 2.75) is 0 Å². The first-order chi connectivity index (χ1) is 50.6. The van der Waals surface area contributed by atoms with E-state index in [1.807, 2.05) is 18.2 Å². The van der Waals surface area contributed by atoms with E-state index in [2.05, 4.69) is 397 Å². The van der Waals surface area contributed by atoms with Crippen LogP contribution in [0.15, 0.2) is 388 Å². The zero-order valence-corrected chi connectivity index (χ0v) is 55.5. The van der Waals surface area contributed by atoms with Crippen LogP contribution < -0.4 is 0 Å². The van der Waals surface area contributed by atoms with E-state index in [9.17, 15) is 0 Å². The van der Waals surface area contributed by atoms with E-state index >= 15 is 0 Å². The molecule has 0 bridgehead atoms. The van der Waals surface area contributed by atoms with E-state index < -0.39 is 0 Å². The molecule has 0 aliphatic carbocycles. The molecule has 21 aromatic rings. The van der Waals surface area contributed by atoms with Crippen molar-refractivity contribution in [1.82, 2.24) is 37.2 Å². The minimum atomic E-state index is 0.940. The lowest BCUT2D eigenvalue weighted by Gasteiger charge is -2.13. The molecule has 0 amide bonds. The lowest BCUT2D eigenvalue weighted by atomic mass is 10.0. The topological polar surface area (TPSA) is 54.8 Å². The summed E-state index contributed by atoms with van der Waals surface area (Å²) in [6.45, 7) is 0. The van der Waals surface area contributed by atoms with Crippen LogP contribution in [-0.2, 0) is 0 Å². The van der Waals surface area contributed by atoms with Gasteiger partial charge in [-0.05, 0) is 133 Å². The molecular formula is C94H64N8. The summed E-state index contributed by atoms with van der Waals surface area (Å²) in [4.78, 5) is 10.1. The van der Waals surface area contributed by atoms with Crippen molar-refractivity contribution in [2.75, 3.05) is 0 Å². The molecule has 102 heavy (non-hydrogen) atoms. The molecule has 0 saturated heterocycles. The third-order valence-electron chi connectivity index (χ3n) is 19.8. The van der Waals surface area contributed by atoms with Crippen molar-refractivity contribution in [3.05, 3.63) is 388 Å². The summed E-state index contributed by atoms with van der Waals surface area (Å²) in [6, 6.07) is 135. The van der Waals surface area contributed by atoms with Gasteiger partial charge in [0.25, 0.3) is 0 Å². The average Bonchev–Trinajstić information content (AvgIpc) is 1.60. The minimum Gasteiger partial charge on any atom is -0.309 e. The lowest BCUT2D eigenvalue weighted by molar-refractivity contribution is 1.10. The summed E-state index contributed by atoms with van der Waals surface area (Å²) in [5, 5.41) is 8.86. The molecule has 8 heteroatoms. The van der Waals surface area contributed by atoms with Crippen LogP contribution in [-0.4, -0.2) is 37.2 Å². The van der Waals surface area contributed by atoms with Crippen molar-refractivity contribution in [3.63, 3.8) is 0 Å². The standard InChI is InChI=1S/C32H22N2.2C31H21N3/c1-2-13-25(14-3-1)33-29-18-7-4-11-24(29)22-32(33)23-12-10-15-26(21-23)34-30-19-8-5-16-27(30)28-17-6-9-20-31(28)34;1-2-12-23(13-3-1)34-30-20-9-6-17-27(30)32-31(34)22-11-10-14-24(21-22)33-28-18-7-4-15-25(28)26-16-5-8-19-29(26)33;1-2-11-22(12-3-1)31-30(32-29-19-8-9-20-33(29)31)23-13-10-14-24(21-23)34-27-17-6-4-15-25(27)26-16-5-7-18-28(26)34/h1-22H;2*1-21H. The van der Waals surface area contributed by atoms with Gasteiger partial charge >= 0.3 is 0 Å². The van der Waals surface area contributed by atoms with Gasteiger partial charge in [0.05, 0.1) is 66.7 Å². The molecule has 0 unspecified atom stereocenters. The third-order valence-corrected chi connectivity index (χ3v) is 19.8. The number of imidazole rings is 2. The maximum atomic E-state index is 5.06. The first-order valence-electron chi connectivity index (χ1n) is 34.6. The molecule has 0 aliphatic rings. The maximum Gasteiger partial charge on any atom is 0.145 e. The largest absolute Gasteiger partial charge is 0.309 e. The normalized spacial score (nSPS) is 11.5. The summed E-state index contributed by atoms with van der Waals surface area (Å²) in [6.07, 6.45) is 2.09. The fourth-order valence-corrected chi connectivity index (χ4v) is 15.3. The van der Waals surface area contributed by atoms with Crippen LogP contribution in [0, 0.1) is 0 Å².